The molecule has 2 aromatic heterocycles. The number of aromatic nitrogens is 1. The second kappa shape index (κ2) is 7.20. The maximum absolute atomic E-state index is 12.2. The summed E-state index contributed by atoms with van der Waals surface area (Å²) >= 11 is 8.27. The topological polar surface area (TPSA) is 68.3 Å². The van der Waals surface area contributed by atoms with Gasteiger partial charge in [0.1, 0.15) is 15.0 Å². The molecule has 0 aliphatic heterocycles. The van der Waals surface area contributed by atoms with E-state index in [-0.39, 0.29) is 10.8 Å². The van der Waals surface area contributed by atoms with Crippen LogP contribution in [-0.2, 0) is 16.6 Å². The Morgan fingerprint density at radius 1 is 1.21 bits per heavy atom. The molecule has 24 heavy (non-hydrogen) atoms. The Morgan fingerprint density at radius 3 is 2.58 bits per heavy atom. The number of nitrogens with one attached hydrogen (secondary N) is 1. The molecule has 0 radical (unpaired) electrons. The van der Waals surface area contributed by atoms with Crippen LogP contribution in [0.5, 0.6) is 5.75 Å². The van der Waals surface area contributed by atoms with Gasteiger partial charge in [0.25, 0.3) is 0 Å². The first-order valence-corrected chi connectivity index (χ1v) is 10.4. The van der Waals surface area contributed by atoms with E-state index in [1.165, 1.54) is 17.4 Å². The van der Waals surface area contributed by atoms with Crippen LogP contribution in [0, 0.1) is 0 Å². The average Bonchev–Trinajstić information content (AvgIpc) is 3.22. The number of benzene rings is 1. The number of rotatable bonds is 6. The number of ether oxygens (including phenoxy) is 1. The molecule has 0 saturated heterocycles. The molecule has 0 spiro atoms. The van der Waals surface area contributed by atoms with Gasteiger partial charge in [-0.1, -0.05) is 11.6 Å². The van der Waals surface area contributed by atoms with Gasteiger partial charge in [0.05, 0.1) is 23.7 Å². The van der Waals surface area contributed by atoms with Crippen molar-refractivity contribution in [2.75, 3.05) is 7.11 Å². The normalized spacial score (nSPS) is 11.6. The number of hydrogen-bond donors (Lipinski definition) is 1. The molecule has 0 unspecified atom stereocenters. The van der Waals surface area contributed by atoms with E-state index in [9.17, 15) is 8.42 Å². The van der Waals surface area contributed by atoms with Crippen LogP contribution < -0.4 is 9.46 Å². The van der Waals surface area contributed by atoms with Crippen LogP contribution in [0.1, 0.15) is 5.69 Å². The van der Waals surface area contributed by atoms with Gasteiger partial charge in [0.15, 0.2) is 0 Å². The Morgan fingerprint density at radius 2 is 1.96 bits per heavy atom. The zero-order chi connectivity index (χ0) is 17.2. The van der Waals surface area contributed by atoms with Crippen molar-refractivity contribution in [1.82, 2.24) is 9.71 Å². The first kappa shape index (κ1) is 17.4. The Hall–Kier alpha value is -1.45. The summed E-state index contributed by atoms with van der Waals surface area (Å²) in [6, 6.07) is 10.6. The fourth-order valence-electron chi connectivity index (χ4n) is 1.94. The standard InChI is InChI=1S/C15H13ClN2O3S3/c1-21-12-4-2-10(3-5-12)15-18-11(9-22-15)8-17-24(19,20)14-7-6-13(16)23-14/h2-7,9,17H,8H2,1H3. The number of thiophene rings is 1. The first-order chi connectivity index (χ1) is 11.5. The first-order valence-electron chi connectivity index (χ1n) is 6.82. The lowest BCUT2D eigenvalue weighted by molar-refractivity contribution is 0.415. The van der Waals surface area contributed by atoms with E-state index < -0.39 is 10.0 Å². The molecule has 3 rings (SSSR count). The molecule has 1 N–H and O–H groups in total. The van der Waals surface area contributed by atoms with Crippen LogP contribution in [0.15, 0.2) is 46.0 Å². The zero-order valence-corrected chi connectivity index (χ0v) is 15.7. The Bertz CT molecular complexity index is 933. The van der Waals surface area contributed by atoms with E-state index in [1.54, 1.807) is 13.2 Å². The monoisotopic (exact) mass is 400 g/mol. The van der Waals surface area contributed by atoms with E-state index in [1.807, 2.05) is 29.6 Å². The highest BCUT2D eigenvalue weighted by atomic mass is 35.5. The quantitative estimate of drug-likeness (QED) is 0.678. The fraction of sp³-hybridized carbons (Fsp3) is 0.133. The van der Waals surface area contributed by atoms with Crippen LogP contribution in [0.2, 0.25) is 4.34 Å². The third-order valence-electron chi connectivity index (χ3n) is 3.15. The minimum atomic E-state index is -3.57. The summed E-state index contributed by atoms with van der Waals surface area (Å²) in [6.07, 6.45) is 0. The van der Waals surface area contributed by atoms with Crippen molar-refractivity contribution in [2.45, 2.75) is 10.8 Å². The summed E-state index contributed by atoms with van der Waals surface area (Å²) in [7, 11) is -1.96. The second-order valence-electron chi connectivity index (χ2n) is 4.76. The number of hydrogen-bond acceptors (Lipinski definition) is 6. The minimum Gasteiger partial charge on any atom is -0.497 e. The Kier molecular flexibility index (Phi) is 5.21. The van der Waals surface area contributed by atoms with E-state index in [0.29, 0.717) is 10.0 Å². The molecule has 9 heteroatoms. The van der Waals surface area contributed by atoms with E-state index >= 15 is 0 Å². The van der Waals surface area contributed by atoms with Gasteiger partial charge < -0.3 is 4.74 Å². The molecule has 2 heterocycles. The molecular weight excluding hydrogens is 388 g/mol. The van der Waals surface area contributed by atoms with Crippen molar-refractivity contribution in [3.05, 3.63) is 51.8 Å². The van der Waals surface area contributed by atoms with Crippen LogP contribution >= 0.6 is 34.3 Å². The van der Waals surface area contributed by atoms with Crippen molar-refractivity contribution < 1.29 is 13.2 Å². The van der Waals surface area contributed by atoms with Crippen LogP contribution in [0.25, 0.3) is 10.6 Å². The molecule has 0 atom stereocenters. The molecule has 0 bridgehead atoms. The lowest BCUT2D eigenvalue weighted by Gasteiger charge is -2.02. The molecule has 0 aliphatic carbocycles. The molecule has 0 fully saturated rings. The third-order valence-corrected chi connectivity index (χ3v) is 7.21. The van der Waals surface area contributed by atoms with Crippen molar-refractivity contribution in [1.29, 1.82) is 0 Å². The smallest absolute Gasteiger partial charge is 0.250 e. The second-order valence-corrected chi connectivity index (χ2v) is 9.32. The van der Waals surface area contributed by atoms with Crippen molar-refractivity contribution in [3.8, 4) is 16.3 Å². The highest BCUT2D eigenvalue weighted by molar-refractivity contribution is 7.91. The average molecular weight is 401 g/mol. The highest BCUT2D eigenvalue weighted by Crippen LogP contribution is 2.27. The van der Waals surface area contributed by atoms with Crippen molar-refractivity contribution >= 4 is 44.3 Å². The number of methoxy groups -OCH3 is 1. The van der Waals surface area contributed by atoms with Crippen LogP contribution in [0.3, 0.4) is 0 Å². The van der Waals surface area contributed by atoms with E-state index in [0.717, 1.165) is 27.7 Å². The molecule has 5 nitrogen and oxygen atoms in total. The molecule has 1 aromatic carbocycles. The number of nitrogens with zero attached hydrogens (tertiary/aromatic N) is 1. The number of thiazole rings is 1. The summed E-state index contributed by atoms with van der Waals surface area (Å²) in [5.74, 6) is 0.776. The summed E-state index contributed by atoms with van der Waals surface area (Å²) < 4.78 is 32.6. The summed E-state index contributed by atoms with van der Waals surface area (Å²) in [4.78, 5) is 4.47. The number of halogens is 1. The van der Waals surface area contributed by atoms with Gasteiger partial charge in [-0.25, -0.2) is 18.1 Å². The molecular formula is C15H13ClN2O3S3. The lowest BCUT2D eigenvalue weighted by atomic mass is 10.2. The zero-order valence-electron chi connectivity index (χ0n) is 12.5. The van der Waals surface area contributed by atoms with E-state index in [4.69, 9.17) is 16.3 Å². The van der Waals surface area contributed by atoms with Crippen LogP contribution in [-0.4, -0.2) is 20.5 Å². The van der Waals surface area contributed by atoms with Gasteiger partial charge in [-0.3, -0.25) is 0 Å². The Labute approximate surface area is 153 Å². The predicted octanol–water partition coefficient (Wildman–Crippen LogP) is 4.01. The van der Waals surface area contributed by atoms with Gasteiger partial charge in [-0.05, 0) is 36.4 Å². The molecule has 126 valence electrons. The van der Waals surface area contributed by atoms with Gasteiger partial charge in [-0.15, -0.1) is 22.7 Å². The van der Waals surface area contributed by atoms with Gasteiger partial charge in [0.2, 0.25) is 10.0 Å². The van der Waals surface area contributed by atoms with Crippen LogP contribution in [0.4, 0.5) is 0 Å². The van der Waals surface area contributed by atoms with Crippen molar-refractivity contribution in [2.24, 2.45) is 0 Å². The third kappa shape index (κ3) is 3.96. The molecule has 0 aliphatic rings. The van der Waals surface area contributed by atoms with Gasteiger partial charge in [-0.2, -0.15) is 0 Å². The largest absolute Gasteiger partial charge is 0.497 e. The van der Waals surface area contributed by atoms with E-state index in [2.05, 4.69) is 9.71 Å². The van der Waals surface area contributed by atoms with Crippen molar-refractivity contribution in [3.63, 3.8) is 0 Å². The highest BCUT2D eigenvalue weighted by Gasteiger charge is 2.17. The molecule has 3 aromatic rings. The predicted molar refractivity (Wildman–Crippen MR) is 97.5 cm³/mol. The summed E-state index contributed by atoms with van der Waals surface area (Å²) in [5, 5.41) is 2.66. The maximum Gasteiger partial charge on any atom is 0.250 e. The van der Waals surface area contributed by atoms with Gasteiger partial charge in [0, 0.05) is 10.9 Å². The summed E-state index contributed by atoms with van der Waals surface area (Å²) in [6.45, 7) is 0.129. The molecule has 0 saturated carbocycles. The maximum atomic E-state index is 12.2. The fourth-order valence-corrected chi connectivity index (χ4v) is 5.29. The SMILES string of the molecule is COc1ccc(-c2nc(CNS(=O)(=O)c3ccc(Cl)s3)cs2)cc1. The van der Waals surface area contributed by atoms with Gasteiger partial charge >= 0.3 is 0 Å². The minimum absolute atomic E-state index is 0.129. The number of sulfonamides is 1. The molecule has 0 amide bonds. The lowest BCUT2D eigenvalue weighted by Crippen LogP contribution is -2.22. The summed E-state index contributed by atoms with van der Waals surface area (Å²) in [5.41, 5.74) is 1.62. The Balaban J connectivity index is 1.69.